The Morgan fingerprint density at radius 2 is 2.28 bits per heavy atom. The van der Waals surface area contributed by atoms with Crippen molar-refractivity contribution >= 4 is 11.6 Å². The lowest BCUT2D eigenvalue weighted by atomic mass is 10.1. The van der Waals surface area contributed by atoms with Gasteiger partial charge in [-0.25, -0.2) is 0 Å². The molecule has 5 nitrogen and oxygen atoms in total. The smallest absolute Gasteiger partial charge is 0.254 e. The van der Waals surface area contributed by atoms with E-state index in [9.17, 15) is 4.79 Å². The van der Waals surface area contributed by atoms with Crippen molar-refractivity contribution in [3.63, 3.8) is 0 Å². The Bertz CT molecular complexity index is 535. The second-order valence-electron chi connectivity index (χ2n) is 3.77. The molecule has 2 aromatic rings. The number of ether oxygens (including phenoxy) is 1. The van der Waals surface area contributed by atoms with Gasteiger partial charge in [-0.1, -0.05) is 0 Å². The number of carbonyl (C=O) groups excluding carboxylic acids is 1. The predicted octanol–water partition coefficient (Wildman–Crippen LogP) is 1.80. The van der Waals surface area contributed by atoms with E-state index in [4.69, 9.17) is 14.9 Å². The van der Waals surface area contributed by atoms with Crippen LogP contribution >= 0.6 is 0 Å². The lowest BCUT2D eigenvalue weighted by molar-refractivity contribution is 0.0950. The van der Waals surface area contributed by atoms with E-state index >= 15 is 0 Å². The molecule has 0 aliphatic rings. The number of benzene rings is 1. The summed E-state index contributed by atoms with van der Waals surface area (Å²) in [4.78, 5) is 11.7. The molecule has 0 saturated carbocycles. The summed E-state index contributed by atoms with van der Waals surface area (Å²) in [6, 6.07) is 6.90. The molecule has 0 atom stereocenters. The van der Waals surface area contributed by atoms with E-state index in [1.54, 1.807) is 31.4 Å². The van der Waals surface area contributed by atoms with E-state index in [1.807, 2.05) is 0 Å². The lowest BCUT2D eigenvalue weighted by Crippen LogP contribution is -2.22. The van der Waals surface area contributed by atoms with Gasteiger partial charge in [0, 0.05) is 17.8 Å². The highest BCUT2D eigenvalue weighted by Crippen LogP contribution is 2.20. The number of furan rings is 1. The van der Waals surface area contributed by atoms with Crippen LogP contribution in [0.4, 0.5) is 5.69 Å². The lowest BCUT2D eigenvalue weighted by Gasteiger charge is -2.10. The molecule has 0 aliphatic heterocycles. The molecule has 1 aromatic heterocycles. The molecule has 0 spiro atoms. The predicted molar refractivity (Wildman–Crippen MR) is 67.3 cm³/mol. The molecule has 0 aliphatic carbocycles. The number of hydrogen-bond acceptors (Lipinski definition) is 4. The quantitative estimate of drug-likeness (QED) is 0.806. The molecule has 94 valence electrons. The Hall–Kier alpha value is -2.43. The van der Waals surface area contributed by atoms with Crippen LogP contribution in [-0.2, 0) is 6.54 Å². The van der Waals surface area contributed by atoms with Gasteiger partial charge in [0.1, 0.15) is 12.0 Å². The standard InChI is InChI=1S/C13H14N2O3/c1-17-12-3-2-11(14)6-10(12)7-15-13(16)9-4-5-18-8-9/h2-6,8H,7,14H2,1H3,(H,15,16). The van der Waals surface area contributed by atoms with Gasteiger partial charge in [0.25, 0.3) is 5.91 Å². The van der Waals surface area contributed by atoms with E-state index in [2.05, 4.69) is 5.32 Å². The third-order valence-corrected chi connectivity index (χ3v) is 2.53. The van der Waals surface area contributed by atoms with Crippen molar-refractivity contribution in [3.8, 4) is 5.75 Å². The van der Waals surface area contributed by atoms with E-state index in [0.717, 1.165) is 5.56 Å². The highest BCUT2D eigenvalue weighted by molar-refractivity contribution is 5.93. The molecule has 18 heavy (non-hydrogen) atoms. The number of nitrogens with two attached hydrogens (primary N) is 1. The van der Waals surface area contributed by atoms with E-state index in [-0.39, 0.29) is 5.91 Å². The molecule has 3 N–H and O–H groups in total. The fourth-order valence-electron chi connectivity index (χ4n) is 1.61. The monoisotopic (exact) mass is 246 g/mol. The summed E-state index contributed by atoms with van der Waals surface area (Å²) in [5.74, 6) is 0.491. The molecule has 1 aromatic carbocycles. The zero-order valence-electron chi connectivity index (χ0n) is 9.97. The first-order valence-corrected chi connectivity index (χ1v) is 5.43. The first-order chi connectivity index (χ1) is 8.70. The van der Waals surface area contributed by atoms with Gasteiger partial charge in [-0.05, 0) is 24.3 Å². The van der Waals surface area contributed by atoms with Crippen molar-refractivity contribution in [1.82, 2.24) is 5.32 Å². The number of nitrogen functional groups attached to an aromatic ring is 1. The number of carbonyl (C=O) groups is 1. The first-order valence-electron chi connectivity index (χ1n) is 5.43. The molecule has 0 radical (unpaired) electrons. The van der Waals surface area contributed by atoms with Gasteiger partial charge in [-0.2, -0.15) is 0 Å². The van der Waals surface area contributed by atoms with Crippen LogP contribution in [0.3, 0.4) is 0 Å². The van der Waals surface area contributed by atoms with Crippen LogP contribution in [0.15, 0.2) is 41.2 Å². The molecule has 5 heteroatoms. The Morgan fingerprint density at radius 3 is 2.94 bits per heavy atom. The number of rotatable bonds is 4. The summed E-state index contributed by atoms with van der Waals surface area (Å²) in [7, 11) is 1.58. The Morgan fingerprint density at radius 1 is 1.44 bits per heavy atom. The molecular formula is C13H14N2O3. The number of nitrogens with one attached hydrogen (secondary N) is 1. The van der Waals surface area contributed by atoms with Crippen molar-refractivity contribution in [2.75, 3.05) is 12.8 Å². The van der Waals surface area contributed by atoms with Crippen LogP contribution in [0.1, 0.15) is 15.9 Å². The molecule has 0 fully saturated rings. The molecule has 0 saturated heterocycles. The second-order valence-corrected chi connectivity index (χ2v) is 3.77. The van der Waals surface area contributed by atoms with Crippen molar-refractivity contribution in [3.05, 3.63) is 47.9 Å². The highest BCUT2D eigenvalue weighted by atomic mass is 16.5. The summed E-state index contributed by atoms with van der Waals surface area (Å²) in [5, 5.41) is 2.77. The average Bonchev–Trinajstić information content (AvgIpc) is 2.90. The Kier molecular flexibility index (Phi) is 3.52. The van der Waals surface area contributed by atoms with Gasteiger partial charge < -0.3 is 20.2 Å². The minimum absolute atomic E-state index is 0.201. The maximum absolute atomic E-state index is 11.7. The summed E-state index contributed by atoms with van der Waals surface area (Å²) < 4.78 is 10.0. The number of amides is 1. The fourth-order valence-corrected chi connectivity index (χ4v) is 1.61. The zero-order chi connectivity index (χ0) is 13.0. The Labute approximate surface area is 105 Å². The summed E-state index contributed by atoms with van der Waals surface area (Å²) in [6.07, 6.45) is 2.85. The molecule has 0 unspecified atom stereocenters. The van der Waals surface area contributed by atoms with Crippen molar-refractivity contribution in [2.24, 2.45) is 0 Å². The molecule has 1 amide bonds. The van der Waals surface area contributed by atoms with Gasteiger partial charge in [-0.3, -0.25) is 4.79 Å². The number of hydrogen-bond donors (Lipinski definition) is 2. The summed E-state index contributed by atoms with van der Waals surface area (Å²) in [5.41, 5.74) is 7.64. The fraction of sp³-hybridized carbons (Fsp3) is 0.154. The van der Waals surface area contributed by atoms with Crippen LogP contribution < -0.4 is 15.8 Å². The zero-order valence-corrected chi connectivity index (χ0v) is 9.97. The van der Waals surface area contributed by atoms with E-state index in [0.29, 0.717) is 23.5 Å². The molecule has 0 bridgehead atoms. The van der Waals surface area contributed by atoms with Crippen LogP contribution in [0.2, 0.25) is 0 Å². The normalized spacial score (nSPS) is 10.1. The summed E-state index contributed by atoms with van der Waals surface area (Å²) in [6.45, 7) is 0.345. The van der Waals surface area contributed by atoms with Gasteiger partial charge >= 0.3 is 0 Å². The SMILES string of the molecule is COc1ccc(N)cc1CNC(=O)c1ccoc1. The largest absolute Gasteiger partial charge is 0.496 e. The van der Waals surface area contributed by atoms with Gasteiger partial charge in [0.15, 0.2) is 0 Å². The van der Waals surface area contributed by atoms with Crippen LogP contribution in [0.25, 0.3) is 0 Å². The average molecular weight is 246 g/mol. The first kappa shape index (κ1) is 12.0. The number of anilines is 1. The highest BCUT2D eigenvalue weighted by Gasteiger charge is 2.08. The van der Waals surface area contributed by atoms with Crippen molar-refractivity contribution in [2.45, 2.75) is 6.54 Å². The second kappa shape index (κ2) is 5.27. The topological polar surface area (TPSA) is 77.5 Å². The van der Waals surface area contributed by atoms with Crippen LogP contribution in [-0.4, -0.2) is 13.0 Å². The third kappa shape index (κ3) is 2.63. The van der Waals surface area contributed by atoms with E-state index in [1.165, 1.54) is 12.5 Å². The van der Waals surface area contributed by atoms with Crippen molar-refractivity contribution < 1.29 is 13.9 Å². The van der Waals surface area contributed by atoms with E-state index < -0.39 is 0 Å². The summed E-state index contributed by atoms with van der Waals surface area (Å²) >= 11 is 0. The van der Waals surface area contributed by atoms with Crippen LogP contribution in [0, 0.1) is 0 Å². The molecule has 2 rings (SSSR count). The number of methoxy groups -OCH3 is 1. The maximum atomic E-state index is 11.7. The minimum Gasteiger partial charge on any atom is -0.496 e. The minimum atomic E-state index is -0.201. The maximum Gasteiger partial charge on any atom is 0.254 e. The van der Waals surface area contributed by atoms with Gasteiger partial charge in [-0.15, -0.1) is 0 Å². The van der Waals surface area contributed by atoms with Gasteiger partial charge in [0.05, 0.1) is 18.9 Å². The van der Waals surface area contributed by atoms with Gasteiger partial charge in [0.2, 0.25) is 0 Å². The molecular weight excluding hydrogens is 232 g/mol. The van der Waals surface area contributed by atoms with Crippen molar-refractivity contribution in [1.29, 1.82) is 0 Å². The van der Waals surface area contributed by atoms with Crippen LogP contribution in [0.5, 0.6) is 5.75 Å². The molecule has 1 heterocycles. The Balaban J connectivity index is 2.06. The third-order valence-electron chi connectivity index (χ3n) is 2.53.